The molecular weight excluding hydrogens is 398 g/mol. The molecule has 0 spiro atoms. The predicted molar refractivity (Wildman–Crippen MR) is 122 cm³/mol. The van der Waals surface area contributed by atoms with E-state index in [4.69, 9.17) is 14.7 Å². The normalized spacial score (nSPS) is 14.3. The molecule has 1 aliphatic heterocycles. The Morgan fingerprint density at radius 2 is 1.97 bits per heavy atom. The number of nitrogens with one attached hydrogen (secondary N) is 1. The lowest BCUT2D eigenvalue weighted by Crippen LogP contribution is -2.50. The summed E-state index contributed by atoms with van der Waals surface area (Å²) < 4.78 is 5.23. The van der Waals surface area contributed by atoms with Crippen molar-refractivity contribution in [2.24, 2.45) is 0 Å². The van der Waals surface area contributed by atoms with Crippen molar-refractivity contribution in [1.29, 1.82) is 0 Å². The zero-order valence-electron chi connectivity index (χ0n) is 17.9. The van der Waals surface area contributed by atoms with Gasteiger partial charge in [0.1, 0.15) is 22.2 Å². The first-order valence-electron chi connectivity index (χ1n) is 10.2. The molecule has 7 nitrogen and oxygen atoms in total. The molecule has 0 radical (unpaired) electrons. The molecule has 1 fully saturated rings. The summed E-state index contributed by atoms with van der Waals surface area (Å²) >= 11 is 1.73. The lowest BCUT2D eigenvalue weighted by molar-refractivity contribution is 0.208. The second kappa shape index (κ2) is 8.47. The van der Waals surface area contributed by atoms with E-state index in [1.807, 2.05) is 29.2 Å². The Hall–Kier alpha value is -2.87. The van der Waals surface area contributed by atoms with Gasteiger partial charge >= 0.3 is 6.03 Å². The van der Waals surface area contributed by atoms with E-state index in [1.54, 1.807) is 18.4 Å². The zero-order valence-corrected chi connectivity index (χ0v) is 18.7. The van der Waals surface area contributed by atoms with E-state index in [2.05, 4.69) is 31.0 Å². The average molecular weight is 426 g/mol. The van der Waals surface area contributed by atoms with Crippen molar-refractivity contribution in [3.8, 4) is 5.75 Å². The van der Waals surface area contributed by atoms with Crippen LogP contribution in [0.1, 0.15) is 23.2 Å². The Morgan fingerprint density at radius 3 is 2.67 bits per heavy atom. The van der Waals surface area contributed by atoms with Gasteiger partial charge in [0.05, 0.1) is 12.5 Å². The number of thiophene rings is 1. The van der Waals surface area contributed by atoms with Crippen LogP contribution in [0.2, 0.25) is 0 Å². The maximum atomic E-state index is 12.7. The van der Waals surface area contributed by atoms with E-state index in [9.17, 15) is 4.79 Å². The number of anilines is 2. The Labute approximate surface area is 180 Å². The quantitative estimate of drug-likeness (QED) is 0.677. The number of hydrogen-bond acceptors (Lipinski definition) is 6. The molecule has 0 unspecified atom stereocenters. The minimum absolute atomic E-state index is 0.0902. The van der Waals surface area contributed by atoms with E-state index in [0.29, 0.717) is 13.1 Å². The number of ether oxygens (including phenoxy) is 1. The van der Waals surface area contributed by atoms with Gasteiger partial charge in [0.25, 0.3) is 0 Å². The maximum absolute atomic E-state index is 12.7. The molecule has 0 saturated carbocycles. The summed E-state index contributed by atoms with van der Waals surface area (Å²) in [5.41, 5.74) is 1.99. The first-order valence-corrected chi connectivity index (χ1v) is 11.0. The summed E-state index contributed by atoms with van der Waals surface area (Å²) in [6.45, 7) is 9.14. The number of carbonyl (C=O) groups excluding carboxylic acids is 1. The first kappa shape index (κ1) is 20.4. The monoisotopic (exact) mass is 425 g/mol. The molecule has 0 bridgehead atoms. The van der Waals surface area contributed by atoms with Crippen LogP contribution in [0.3, 0.4) is 0 Å². The fourth-order valence-electron chi connectivity index (χ4n) is 3.68. The van der Waals surface area contributed by atoms with E-state index >= 15 is 0 Å². The molecule has 1 N–H and O–H groups in total. The fourth-order valence-corrected chi connectivity index (χ4v) is 4.73. The number of carbonyl (C=O) groups is 1. The van der Waals surface area contributed by atoms with Crippen LogP contribution in [0.25, 0.3) is 10.2 Å². The summed E-state index contributed by atoms with van der Waals surface area (Å²) in [5.74, 6) is 2.60. The van der Waals surface area contributed by atoms with Gasteiger partial charge in [-0.2, -0.15) is 0 Å². The number of methoxy groups -OCH3 is 1. The lowest BCUT2D eigenvalue weighted by Gasteiger charge is -2.35. The van der Waals surface area contributed by atoms with Gasteiger partial charge in [-0.05, 0) is 31.5 Å². The molecule has 3 aromatic rings. The molecule has 1 aromatic carbocycles. The first-order chi connectivity index (χ1) is 14.5. The highest BCUT2D eigenvalue weighted by molar-refractivity contribution is 7.18. The van der Waals surface area contributed by atoms with Crippen molar-refractivity contribution in [2.45, 2.75) is 27.2 Å². The third kappa shape index (κ3) is 3.92. The van der Waals surface area contributed by atoms with Crippen LogP contribution >= 0.6 is 11.3 Å². The smallest absolute Gasteiger partial charge is 0.321 e. The number of amides is 2. The molecule has 8 heteroatoms. The molecule has 158 valence electrons. The van der Waals surface area contributed by atoms with Crippen molar-refractivity contribution in [2.75, 3.05) is 43.5 Å². The number of hydrogen-bond donors (Lipinski definition) is 1. The van der Waals surface area contributed by atoms with Crippen molar-refractivity contribution in [3.63, 3.8) is 0 Å². The van der Waals surface area contributed by atoms with Crippen LogP contribution in [0.4, 0.5) is 16.3 Å². The van der Waals surface area contributed by atoms with Crippen LogP contribution in [-0.2, 0) is 6.42 Å². The lowest BCUT2D eigenvalue weighted by atomic mass is 10.2. The standard InChI is InChI=1S/C22H27N5O2S/c1-5-18-24-20(19-14(2)15(3)30-21(19)25-18)26-9-11-27(12-10-26)22(28)23-16-7-6-8-17(13-16)29-4/h6-8,13H,5,9-12H2,1-4H3,(H,23,28). The Morgan fingerprint density at radius 1 is 1.20 bits per heavy atom. The highest BCUT2D eigenvalue weighted by Crippen LogP contribution is 2.35. The molecule has 2 aromatic heterocycles. The van der Waals surface area contributed by atoms with E-state index in [-0.39, 0.29) is 6.03 Å². The molecule has 0 aliphatic carbocycles. The van der Waals surface area contributed by atoms with Crippen LogP contribution in [-0.4, -0.2) is 54.2 Å². The van der Waals surface area contributed by atoms with Gasteiger partial charge in [0, 0.05) is 49.2 Å². The molecule has 30 heavy (non-hydrogen) atoms. The topological polar surface area (TPSA) is 70.6 Å². The van der Waals surface area contributed by atoms with E-state index in [0.717, 1.165) is 52.8 Å². The Bertz CT molecular complexity index is 1070. The number of fused-ring (bicyclic) bond motifs is 1. The summed E-state index contributed by atoms with van der Waals surface area (Å²) in [5, 5.41) is 4.12. The van der Waals surface area contributed by atoms with Crippen molar-refractivity contribution in [1.82, 2.24) is 14.9 Å². The minimum Gasteiger partial charge on any atom is -0.497 e. The number of benzene rings is 1. The number of urea groups is 1. The van der Waals surface area contributed by atoms with Gasteiger partial charge in [-0.25, -0.2) is 14.8 Å². The van der Waals surface area contributed by atoms with Crippen LogP contribution in [0.5, 0.6) is 5.75 Å². The van der Waals surface area contributed by atoms with Crippen LogP contribution in [0, 0.1) is 13.8 Å². The van der Waals surface area contributed by atoms with Gasteiger partial charge in [0.15, 0.2) is 0 Å². The number of aryl methyl sites for hydroxylation is 3. The molecule has 4 rings (SSSR count). The summed E-state index contributed by atoms with van der Waals surface area (Å²) in [6, 6.07) is 7.31. The second-order valence-electron chi connectivity index (χ2n) is 7.42. The highest BCUT2D eigenvalue weighted by atomic mass is 32.1. The summed E-state index contributed by atoms with van der Waals surface area (Å²) in [6.07, 6.45) is 0.807. The minimum atomic E-state index is -0.0902. The summed E-state index contributed by atoms with van der Waals surface area (Å²) in [7, 11) is 1.62. The largest absolute Gasteiger partial charge is 0.497 e. The fraction of sp³-hybridized carbons (Fsp3) is 0.409. The van der Waals surface area contributed by atoms with E-state index in [1.165, 1.54) is 10.4 Å². The van der Waals surface area contributed by atoms with Crippen molar-refractivity contribution >= 4 is 39.1 Å². The molecule has 2 amide bonds. The Kier molecular flexibility index (Phi) is 5.76. The SMILES string of the molecule is CCc1nc(N2CCN(C(=O)Nc3cccc(OC)c3)CC2)c2c(C)c(C)sc2n1. The molecule has 3 heterocycles. The number of piperazine rings is 1. The summed E-state index contributed by atoms with van der Waals surface area (Å²) in [4.78, 5) is 28.8. The predicted octanol–water partition coefficient (Wildman–Crippen LogP) is 4.23. The van der Waals surface area contributed by atoms with E-state index < -0.39 is 0 Å². The number of nitrogens with zero attached hydrogens (tertiary/aromatic N) is 4. The van der Waals surface area contributed by atoms with Gasteiger partial charge in [-0.1, -0.05) is 13.0 Å². The van der Waals surface area contributed by atoms with Crippen molar-refractivity contribution in [3.05, 3.63) is 40.5 Å². The maximum Gasteiger partial charge on any atom is 0.321 e. The number of aromatic nitrogens is 2. The molecular formula is C22H27N5O2S. The van der Waals surface area contributed by atoms with Crippen LogP contribution < -0.4 is 15.0 Å². The number of rotatable bonds is 4. The Balaban J connectivity index is 1.48. The molecule has 0 atom stereocenters. The van der Waals surface area contributed by atoms with Gasteiger partial charge in [0.2, 0.25) is 0 Å². The highest BCUT2D eigenvalue weighted by Gasteiger charge is 2.25. The second-order valence-corrected chi connectivity index (χ2v) is 8.62. The molecule has 1 saturated heterocycles. The third-order valence-corrected chi connectivity index (χ3v) is 6.66. The molecule has 1 aliphatic rings. The van der Waals surface area contributed by atoms with Crippen molar-refractivity contribution < 1.29 is 9.53 Å². The third-order valence-electron chi connectivity index (χ3n) is 5.56. The van der Waals surface area contributed by atoms with Gasteiger partial charge < -0.3 is 19.9 Å². The van der Waals surface area contributed by atoms with Gasteiger partial charge in [-0.15, -0.1) is 11.3 Å². The van der Waals surface area contributed by atoms with Crippen LogP contribution in [0.15, 0.2) is 24.3 Å². The zero-order chi connectivity index (χ0) is 21.3. The van der Waals surface area contributed by atoms with Gasteiger partial charge in [-0.3, -0.25) is 0 Å². The average Bonchev–Trinajstić information content (AvgIpc) is 3.06.